The van der Waals surface area contributed by atoms with Crippen molar-refractivity contribution in [3.63, 3.8) is 0 Å². The number of aromatic nitrogens is 2. The molecule has 3 aliphatic rings. The zero-order valence-electron chi connectivity index (χ0n) is 19.4. The summed E-state index contributed by atoms with van der Waals surface area (Å²) in [6, 6.07) is 10.3. The first kappa shape index (κ1) is 21.5. The van der Waals surface area contributed by atoms with Gasteiger partial charge < -0.3 is 14.9 Å². The number of amides is 1. The molecular weight excluding hydrogens is 426 g/mol. The minimum Gasteiger partial charge on any atom is -0.391 e. The lowest BCUT2D eigenvalue weighted by molar-refractivity contribution is 0.0192. The molecule has 2 unspecified atom stereocenters. The fourth-order valence-electron chi connectivity index (χ4n) is 5.93. The van der Waals surface area contributed by atoms with E-state index >= 15 is 0 Å². The van der Waals surface area contributed by atoms with Gasteiger partial charge in [0.05, 0.1) is 17.7 Å². The van der Waals surface area contributed by atoms with Crippen LogP contribution in [0.2, 0.25) is 0 Å². The Balaban J connectivity index is 1.25. The second-order valence-corrected chi connectivity index (χ2v) is 9.78. The zero-order chi connectivity index (χ0) is 23.1. The molecule has 0 radical (unpaired) electrons. The molecule has 2 aromatic heterocycles. The maximum absolute atomic E-state index is 13.5. The summed E-state index contributed by atoms with van der Waals surface area (Å²) in [5.41, 5.74) is 5.11. The smallest absolute Gasteiger partial charge is 0.254 e. The summed E-state index contributed by atoms with van der Waals surface area (Å²) in [5.74, 6) is 0.0530. The molecule has 1 aromatic carbocycles. The average molecular weight is 458 g/mol. The van der Waals surface area contributed by atoms with Crippen molar-refractivity contribution < 1.29 is 9.90 Å². The molecule has 1 saturated carbocycles. The predicted molar refractivity (Wildman–Crippen MR) is 132 cm³/mol. The van der Waals surface area contributed by atoms with Crippen LogP contribution in [0, 0.1) is 0 Å². The molecule has 6 rings (SSSR count). The van der Waals surface area contributed by atoms with Gasteiger partial charge in [-0.2, -0.15) is 0 Å². The van der Waals surface area contributed by atoms with Crippen molar-refractivity contribution in [3.8, 4) is 0 Å². The van der Waals surface area contributed by atoms with Gasteiger partial charge in [0.2, 0.25) is 0 Å². The van der Waals surface area contributed by atoms with E-state index in [-0.39, 0.29) is 11.9 Å². The van der Waals surface area contributed by atoms with E-state index < -0.39 is 6.10 Å². The standard InChI is InChI=1S/C27H31N5O2/c33-25-6-2-1-5-24(25)32-18-23-22(27(32)34)16-19(21-4-3-9-29-26(21)23)17-30-12-14-31(15-13-30)20-7-10-28-11-8-20/h3-4,7-11,16,24-25,33H,1-2,5-6,12-15,17-18H2. The second kappa shape index (κ2) is 8.96. The van der Waals surface area contributed by atoms with Crippen LogP contribution in [0.25, 0.3) is 10.9 Å². The number of rotatable bonds is 4. The van der Waals surface area contributed by atoms with Crippen LogP contribution in [-0.2, 0) is 13.1 Å². The maximum atomic E-state index is 13.5. The van der Waals surface area contributed by atoms with Crippen molar-refractivity contribution in [1.29, 1.82) is 0 Å². The highest BCUT2D eigenvalue weighted by Crippen LogP contribution is 2.36. The highest BCUT2D eigenvalue weighted by Gasteiger charge is 2.38. The minimum absolute atomic E-state index is 0.0530. The van der Waals surface area contributed by atoms with Crippen LogP contribution in [0.15, 0.2) is 48.9 Å². The number of benzene rings is 1. The number of nitrogens with zero attached hydrogens (tertiary/aromatic N) is 5. The zero-order valence-corrected chi connectivity index (χ0v) is 19.4. The lowest BCUT2D eigenvalue weighted by Gasteiger charge is -2.36. The van der Waals surface area contributed by atoms with Gasteiger partial charge in [0.1, 0.15) is 0 Å². The Kier molecular flexibility index (Phi) is 5.67. The fourth-order valence-corrected chi connectivity index (χ4v) is 5.93. The molecule has 3 aromatic rings. The fraction of sp³-hybridized carbons (Fsp3) is 0.444. The van der Waals surface area contributed by atoms with E-state index in [2.05, 4.69) is 39.0 Å². The van der Waals surface area contributed by atoms with Crippen molar-refractivity contribution in [2.75, 3.05) is 31.1 Å². The Hall–Kier alpha value is -3.03. The number of aliphatic hydroxyl groups is 1. The molecule has 1 N–H and O–H groups in total. The molecule has 34 heavy (non-hydrogen) atoms. The maximum Gasteiger partial charge on any atom is 0.254 e. The van der Waals surface area contributed by atoms with Crippen molar-refractivity contribution >= 4 is 22.5 Å². The Morgan fingerprint density at radius 3 is 2.59 bits per heavy atom. The predicted octanol–water partition coefficient (Wildman–Crippen LogP) is 3.21. The number of hydrogen-bond donors (Lipinski definition) is 1. The third-order valence-corrected chi connectivity index (χ3v) is 7.79. The highest BCUT2D eigenvalue weighted by molar-refractivity contribution is 6.04. The molecule has 1 aliphatic carbocycles. The SMILES string of the molecule is O=C1c2cc(CN3CCN(c4ccncc4)CC3)c3cccnc3c2CN1C1CCCCC1O. The molecule has 7 heteroatoms. The third-order valence-electron chi connectivity index (χ3n) is 7.79. The van der Waals surface area contributed by atoms with Crippen LogP contribution >= 0.6 is 0 Å². The molecule has 176 valence electrons. The largest absolute Gasteiger partial charge is 0.391 e. The van der Waals surface area contributed by atoms with E-state index in [1.165, 1.54) is 11.3 Å². The van der Waals surface area contributed by atoms with Crippen molar-refractivity contribution in [1.82, 2.24) is 19.8 Å². The summed E-state index contributed by atoms with van der Waals surface area (Å²) < 4.78 is 0. The summed E-state index contributed by atoms with van der Waals surface area (Å²) in [4.78, 5) is 29.1. The Labute approximate surface area is 200 Å². The highest BCUT2D eigenvalue weighted by atomic mass is 16.3. The third kappa shape index (κ3) is 3.83. The monoisotopic (exact) mass is 457 g/mol. The molecule has 1 amide bonds. The molecule has 2 atom stereocenters. The van der Waals surface area contributed by atoms with Crippen LogP contribution < -0.4 is 4.90 Å². The molecule has 0 bridgehead atoms. The summed E-state index contributed by atoms with van der Waals surface area (Å²) in [5, 5.41) is 11.7. The van der Waals surface area contributed by atoms with Crippen LogP contribution in [0.4, 0.5) is 5.69 Å². The van der Waals surface area contributed by atoms with E-state index in [1.807, 2.05) is 29.6 Å². The van der Waals surface area contributed by atoms with E-state index in [9.17, 15) is 9.90 Å². The molecular formula is C27H31N5O2. The van der Waals surface area contributed by atoms with Crippen molar-refractivity contribution in [2.24, 2.45) is 0 Å². The van der Waals surface area contributed by atoms with E-state index in [1.54, 1.807) is 0 Å². The Bertz CT molecular complexity index is 1190. The number of piperazine rings is 1. The summed E-state index contributed by atoms with van der Waals surface area (Å²) in [6.07, 6.45) is 8.84. The molecule has 1 saturated heterocycles. The summed E-state index contributed by atoms with van der Waals surface area (Å²) in [7, 11) is 0. The first-order valence-corrected chi connectivity index (χ1v) is 12.4. The summed E-state index contributed by atoms with van der Waals surface area (Å²) in [6.45, 7) is 5.23. The summed E-state index contributed by atoms with van der Waals surface area (Å²) >= 11 is 0. The lowest BCUT2D eigenvalue weighted by atomic mass is 9.91. The lowest BCUT2D eigenvalue weighted by Crippen LogP contribution is -2.46. The second-order valence-electron chi connectivity index (χ2n) is 9.78. The van der Waals surface area contributed by atoms with Gasteiger partial charge in [0, 0.05) is 80.1 Å². The van der Waals surface area contributed by atoms with Crippen LogP contribution in [0.1, 0.15) is 47.2 Å². The Morgan fingerprint density at radius 2 is 1.79 bits per heavy atom. The molecule has 4 heterocycles. The van der Waals surface area contributed by atoms with Crippen molar-refractivity contribution in [2.45, 2.75) is 50.9 Å². The van der Waals surface area contributed by atoms with E-state index in [0.717, 1.165) is 80.4 Å². The number of anilines is 1. The van der Waals surface area contributed by atoms with Gasteiger partial charge in [-0.1, -0.05) is 18.9 Å². The number of hydrogen-bond acceptors (Lipinski definition) is 6. The van der Waals surface area contributed by atoms with Gasteiger partial charge in [0.25, 0.3) is 5.91 Å². The minimum atomic E-state index is -0.428. The van der Waals surface area contributed by atoms with Gasteiger partial charge >= 0.3 is 0 Å². The van der Waals surface area contributed by atoms with Gasteiger partial charge in [-0.15, -0.1) is 0 Å². The topological polar surface area (TPSA) is 72.8 Å². The van der Waals surface area contributed by atoms with E-state index in [0.29, 0.717) is 6.54 Å². The molecule has 0 spiro atoms. The first-order valence-electron chi connectivity index (χ1n) is 12.4. The first-order chi connectivity index (χ1) is 16.7. The number of pyridine rings is 2. The normalized spacial score (nSPS) is 23.5. The van der Waals surface area contributed by atoms with Crippen LogP contribution in [0.5, 0.6) is 0 Å². The number of fused-ring (bicyclic) bond motifs is 3. The van der Waals surface area contributed by atoms with Gasteiger partial charge in [-0.3, -0.25) is 19.7 Å². The molecule has 2 aliphatic heterocycles. The van der Waals surface area contributed by atoms with Gasteiger partial charge in [0.15, 0.2) is 0 Å². The van der Waals surface area contributed by atoms with Gasteiger partial charge in [-0.05, 0) is 42.7 Å². The number of carbonyl (C=O) groups is 1. The van der Waals surface area contributed by atoms with E-state index in [4.69, 9.17) is 4.98 Å². The van der Waals surface area contributed by atoms with Crippen LogP contribution in [-0.4, -0.2) is 69.1 Å². The van der Waals surface area contributed by atoms with Crippen molar-refractivity contribution in [3.05, 3.63) is 65.6 Å². The molecule has 2 fully saturated rings. The average Bonchev–Trinajstić information content (AvgIpc) is 3.21. The number of aliphatic hydroxyl groups excluding tert-OH is 1. The van der Waals surface area contributed by atoms with Gasteiger partial charge in [-0.25, -0.2) is 0 Å². The molecule has 7 nitrogen and oxygen atoms in total. The Morgan fingerprint density at radius 1 is 1.00 bits per heavy atom. The quantitative estimate of drug-likeness (QED) is 0.649. The van der Waals surface area contributed by atoms with Crippen LogP contribution in [0.3, 0.4) is 0 Å². The number of carbonyl (C=O) groups excluding carboxylic acids is 1.